The molecule has 2 aromatic rings. The van der Waals surface area contributed by atoms with Crippen molar-refractivity contribution in [3.63, 3.8) is 0 Å². The first kappa shape index (κ1) is 19.7. The Balaban J connectivity index is 0.000000364. The third-order valence-corrected chi connectivity index (χ3v) is 3.21. The van der Waals surface area contributed by atoms with E-state index < -0.39 is 0 Å². The predicted molar refractivity (Wildman–Crippen MR) is 80.2 cm³/mol. The fourth-order valence-corrected chi connectivity index (χ4v) is 2.33. The van der Waals surface area contributed by atoms with Crippen molar-refractivity contribution in [1.29, 1.82) is 0 Å². The van der Waals surface area contributed by atoms with Gasteiger partial charge in [0.15, 0.2) is 0 Å². The molecule has 0 unspecified atom stereocenters. The van der Waals surface area contributed by atoms with Crippen molar-refractivity contribution in [3.05, 3.63) is 57.6 Å². The van der Waals surface area contributed by atoms with Gasteiger partial charge in [-0.1, -0.05) is 57.6 Å². The first-order chi connectivity index (χ1) is 9.22. The van der Waals surface area contributed by atoms with Gasteiger partial charge >= 0.3 is 19.5 Å². The smallest absolute Gasteiger partial charge is 0.872 e. The van der Waals surface area contributed by atoms with E-state index in [1.807, 2.05) is 65.8 Å². The van der Waals surface area contributed by atoms with Gasteiger partial charge in [-0.05, 0) is 41.5 Å². The van der Waals surface area contributed by atoms with E-state index in [9.17, 15) is 10.2 Å². The summed E-state index contributed by atoms with van der Waals surface area (Å²) in [7, 11) is 0. The summed E-state index contributed by atoms with van der Waals surface area (Å²) in [6.45, 7) is 11.4. The van der Waals surface area contributed by atoms with Crippen LogP contribution in [0.5, 0.6) is 11.5 Å². The Labute approximate surface area is 140 Å². The summed E-state index contributed by atoms with van der Waals surface area (Å²) >= 11 is 0. The number of aryl methyl sites for hydroxylation is 6. The molecule has 2 rings (SSSR count). The van der Waals surface area contributed by atoms with E-state index in [-0.39, 0.29) is 31.0 Å². The van der Waals surface area contributed by atoms with Crippen molar-refractivity contribution in [2.24, 2.45) is 0 Å². The Morgan fingerprint density at radius 2 is 0.714 bits per heavy atom. The SMILES string of the molecule is Cc1cc(C)c([O-])c(C)c1.Cc1cc(C)c([O-])c(C)c1.[Zn+2]. The first-order valence-corrected chi connectivity index (χ1v) is 6.72. The molecule has 0 N–H and O–H groups in total. The molecule has 21 heavy (non-hydrogen) atoms. The van der Waals surface area contributed by atoms with Gasteiger partial charge in [0.2, 0.25) is 0 Å². The van der Waals surface area contributed by atoms with Crippen LogP contribution in [0, 0.1) is 41.5 Å². The summed E-state index contributed by atoms with van der Waals surface area (Å²) in [5, 5.41) is 22.2. The van der Waals surface area contributed by atoms with Crippen molar-refractivity contribution in [1.82, 2.24) is 0 Å². The maximum Gasteiger partial charge on any atom is 2.00 e. The van der Waals surface area contributed by atoms with Crippen molar-refractivity contribution < 1.29 is 29.7 Å². The van der Waals surface area contributed by atoms with E-state index in [0.717, 1.165) is 33.4 Å². The van der Waals surface area contributed by atoms with Crippen LogP contribution in [-0.4, -0.2) is 0 Å². The van der Waals surface area contributed by atoms with Gasteiger partial charge in [-0.25, -0.2) is 0 Å². The maximum atomic E-state index is 11.1. The summed E-state index contributed by atoms with van der Waals surface area (Å²) in [4.78, 5) is 0. The molecule has 0 aliphatic heterocycles. The van der Waals surface area contributed by atoms with E-state index in [2.05, 4.69) is 0 Å². The average Bonchev–Trinajstić information content (AvgIpc) is 2.33. The van der Waals surface area contributed by atoms with Crippen LogP contribution >= 0.6 is 0 Å². The number of hydrogen-bond acceptors (Lipinski definition) is 2. The van der Waals surface area contributed by atoms with Gasteiger partial charge in [-0.3, -0.25) is 0 Å². The first-order valence-electron chi connectivity index (χ1n) is 6.72. The Hall–Kier alpha value is -1.34. The molecule has 0 saturated heterocycles. The molecule has 0 spiro atoms. The Kier molecular flexibility index (Phi) is 7.67. The molecule has 0 aliphatic rings. The van der Waals surface area contributed by atoms with E-state index >= 15 is 0 Å². The van der Waals surface area contributed by atoms with Crippen LogP contribution in [0.2, 0.25) is 0 Å². The van der Waals surface area contributed by atoms with Gasteiger partial charge < -0.3 is 10.2 Å². The average molecular weight is 336 g/mol. The largest absolute Gasteiger partial charge is 2.00 e. The second kappa shape index (κ2) is 8.19. The van der Waals surface area contributed by atoms with Crippen molar-refractivity contribution in [2.75, 3.05) is 0 Å². The molecule has 3 heteroatoms. The van der Waals surface area contributed by atoms with Crippen molar-refractivity contribution in [2.45, 2.75) is 41.5 Å². The zero-order chi connectivity index (χ0) is 15.4. The molecule has 0 radical (unpaired) electrons. The van der Waals surface area contributed by atoms with Gasteiger partial charge in [0, 0.05) is 0 Å². The standard InChI is InChI=1S/2C9H12O.Zn/c2*1-6-4-7(2)9(10)8(3)5-6;/h2*4-5,10H,1-3H3;/q;;+2/p-2. The molecule has 108 valence electrons. The maximum absolute atomic E-state index is 11.1. The Morgan fingerprint density at radius 1 is 0.524 bits per heavy atom. The third kappa shape index (κ3) is 5.51. The van der Waals surface area contributed by atoms with Crippen LogP contribution < -0.4 is 10.2 Å². The van der Waals surface area contributed by atoms with Crippen LogP contribution in [0.1, 0.15) is 33.4 Å². The summed E-state index contributed by atoms with van der Waals surface area (Å²) in [5.74, 6) is 0.344. The van der Waals surface area contributed by atoms with E-state index in [0.29, 0.717) is 0 Å². The minimum Gasteiger partial charge on any atom is -0.872 e. The quantitative estimate of drug-likeness (QED) is 0.693. The van der Waals surface area contributed by atoms with Gasteiger partial charge in [-0.2, -0.15) is 0 Å². The second-order valence-corrected chi connectivity index (χ2v) is 5.46. The minimum absolute atomic E-state index is 0. The summed E-state index contributed by atoms with van der Waals surface area (Å²) in [6.07, 6.45) is 0. The molecule has 0 amide bonds. The molecule has 0 atom stereocenters. The third-order valence-electron chi connectivity index (χ3n) is 3.21. The molecular formula is C18H22O2Zn. The number of rotatable bonds is 0. The zero-order valence-corrected chi connectivity index (χ0v) is 16.8. The molecule has 0 aliphatic carbocycles. The topological polar surface area (TPSA) is 46.1 Å². The fourth-order valence-electron chi connectivity index (χ4n) is 2.33. The van der Waals surface area contributed by atoms with E-state index in [1.165, 1.54) is 0 Å². The van der Waals surface area contributed by atoms with Gasteiger partial charge in [0.25, 0.3) is 0 Å². The summed E-state index contributed by atoms with van der Waals surface area (Å²) in [6, 6.07) is 7.65. The molecule has 0 bridgehead atoms. The monoisotopic (exact) mass is 334 g/mol. The molecule has 0 aromatic heterocycles. The molecule has 0 fully saturated rings. The molecule has 0 heterocycles. The number of hydrogen-bond donors (Lipinski definition) is 0. The summed E-state index contributed by atoms with van der Waals surface area (Å²) < 4.78 is 0. The Bertz CT molecular complexity index is 517. The van der Waals surface area contributed by atoms with Crippen LogP contribution in [0.15, 0.2) is 24.3 Å². The molecule has 2 nitrogen and oxygen atoms in total. The Morgan fingerprint density at radius 3 is 0.905 bits per heavy atom. The molecular weight excluding hydrogens is 314 g/mol. The van der Waals surface area contributed by atoms with Gasteiger partial charge in [-0.15, -0.1) is 11.5 Å². The second-order valence-electron chi connectivity index (χ2n) is 5.46. The summed E-state index contributed by atoms with van der Waals surface area (Å²) in [5.41, 5.74) is 5.70. The van der Waals surface area contributed by atoms with Crippen molar-refractivity contribution >= 4 is 0 Å². The normalized spacial score (nSPS) is 9.43. The van der Waals surface area contributed by atoms with E-state index in [1.54, 1.807) is 0 Å². The van der Waals surface area contributed by atoms with Crippen LogP contribution in [0.4, 0.5) is 0 Å². The van der Waals surface area contributed by atoms with Crippen LogP contribution in [0.25, 0.3) is 0 Å². The molecule has 0 saturated carbocycles. The number of benzene rings is 2. The van der Waals surface area contributed by atoms with Crippen molar-refractivity contribution in [3.8, 4) is 11.5 Å². The molecule has 2 aromatic carbocycles. The zero-order valence-electron chi connectivity index (χ0n) is 13.8. The van der Waals surface area contributed by atoms with E-state index in [4.69, 9.17) is 0 Å². The predicted octanol–water partition coefficient (Wildman–Crippen LogP) is 3.37. The van der Waals surface area contributed by atoms with Gasteiger partial charge in [0.05, 0.1) is 0 Å². The van der Waals surface area contributed by atoms with Gasteiger partial charge in [0.1, 0.15) is 0 Å². The fraction of sp³-hybridized carbons (Fsp3) is 0.333. The van der Waals surface area contributed by atoms with Crippen LogP contribution in [-0.2, 0) is 19.5 Å². The minimum atomic E-state index is 0. The van der Waals surface area contributed by atoms with Crippen LogP contribution in [0.3, 0.4) is 0 Å².